The van der Waals surface area contributed by atoms with Crippen LogP contribution in [0.1, 0.15) is 260 Å². The van der Waals surface area contributed by atoms with Gasteiger partial charge in [0.25, 0.3) is 11.5 Å². The number of aromatic amines is 1. The van der Waals surface area contributed by atoms with Crippen molar-refractivity contribution in [2.75, 3.05) is 32.9 Å². The van der Waals surface area contributed by atoms with E-state index in [4.69, 9.17) is 18.5 Å². The lowest BCUT2D eigenvalue weighted by Gasteiger charge is -2.20. The van der Waals surface area contributed by atoms with Crippen molar-refractivity contribution < 1.29 is 61.9 Å². The summed E-state index contributed by atoms with van der Waals surface area (Å²) >= 11 is 0. The number of aromatic nitrogens is 4. The molecule has 0 aliphatic carbocycles. The molecular weight excluding hydrogens is 1120 g/mol. The lowest BCUT2D eigenvalue weighted by Crippen LogP contribution is -2.41. The number of carboxylic acids is 1. The van der Waals surface area contributed by atoms with Gasteiger partial charge in [-0.05, 0) is 69.6 Å². The third kappa shape index (κ3) is 36.5. The molecule has 3 aromatic rings. The molecule has 2 aromatic heterocycles. The molecule has 0 saturated carbocycles. The lowest BCUT2D eigenvalue weighted by atomic mass is 10.0. The summed E-state index contributed by atoms with van der Waals surface area (Å²) < 4.78 is 34.1. The van der Waals surface area contributed by atoms with E-state index in [2.05, 4.69) is 49.7 Å². The summed E-state index contributed by atoms with van der Waals surface area (Å²) in [7, 11) is -4.66. The van der Waals surface area contributed by atoms with Crippen LogP contribution in [0.5, 0.6) is 0 Å². The number of amides is 3. The number of phosphoric acid groups is 1. The normalized spacial score (nSPS) is 12.7. The molecule has 0 spiro atoms. The highest BCUT2D eigenvalue weighted by Crippen LogP contribution is 2.43. The zero-order chi connectivity index (χ0) is 62.5. The van der Waals surface area contributed by atoms with Gasteiger partial charge in [0.2, 0.25) is 11.8 Å². The monoisotopic (exact) mass is 1230 g/mol. The maximum absolute atomic E-state index is 12.9. The van der Waals surface area contributed by atoms with E-state index in [1.807, 2.05) is 0 Å². The van der Waals surface area contributed by atoms with Gasteiger partial charge < -0.3 is 40.4 Å². The van der Waals surface area contributed by atoms with Crippen molar-refractivity contribution in [3.63, 3.8) is 0 Å². The highest BCUT2D eigenvalue weighted by atomic mass is 31.2. The summed E-state index contributed by atoms with van der Waals surface area (Å²) in [5.41, 5.74) is 1.78. The molecule has 484 valence electrons. The highest BCUT2D eigenvalue weighted by molar-refractivity contribution is 7.47. The van der Waals surface area contributed by atoms with E-state index in [0.29, 0.717) is 63.0 Å². The van der Waals surface area contributed by atoms with Gasteiger partial charge in [-0.2, -0.15) is 0 Å². The van der Waals surface area contributed by atoms with Gasteiger partial charge in [0.15, 0.2) is 17.3 Å². The molecule has 0 fully saturated rings. The van der Waals surface area contributed by atoms with Crippen LogP contribution in [0.4, 0.5) is 0 Å². The number of nitrogens with one attached hydrogen (secondary N) is 4. The molecule has 0 aliphatic rings. The number of hydrogen-bond donors (Lipinski definition) is 6. The highest BCUT2D eigenvalue weighted by Gasteiger charge is 2.27. The van der Waals surface area contributed by atoms with Crippen LogP contribution in [-0.4, -0.2) is 111 Å². The van der Waals surface area contributed by atoms with Crippen molar-refractivity contribution in [1.29, 1.82) is 0 Å². The Kier molecular flexibility index (Phi) is 40.4. The van der Waals surface area contributed by atoms with Crippen LogP contribution in [0.25, 0.3) is 11.2 Å². The van der Waals surface area contributed by atoms with Gasteiger partial charge in [-0.3, -0.25) is 37.8 Å². The van der Waals surface area contributed by atoms with E-state index >= 15 is 0 Å². The van der Waals surface area contributed by atoms with Crippen LogP contribution in [0, 0.1) is 6.92 Å². The van der Waals surface area contributed by atoms with Crippen molar-refractivity contribution in [3.8, 4) is 0 Å². The molecule has 0 bridgehead atoms. The van der Waals surface area contributed by atoms with Gasteiger partial charge in [0.1, 0.15) is 18.5 Å². The molecule has 21 nitrogen and oxygen atoms in total. The molecule has 2 unspecified atom stereocenters. The molecule has 86 heavy (non-hydrogen) atoms. The Morgan fingerprint density at radius 2 is 1.12 bits per heavy atom. The Balaban J connectivity index is 1.28. The number of nitrogens with zero attached hydrogens (tertiary/aromatic N) is 3. The van der Waals surface area contributed by atoms with Crippen molar-refractivity contribution in [3.05, 3.63) is 63.5 Å². The van der Waals surface area contributed by atoms with Crippen LogP contribution < -0.4 is 21.5 Å². The zero-order valence-corrected chi connectivity index (χ0v) is 53.0. The van der Waals surface area contributed by atoms with Crippen molar-refractivity contribution in [2.24, 2.45) is 0 Å². The number of esters is 2. The smallest absolute Gasteiger partial charge is 0.472 e. The van der Waals surface area contributed by atoms with Crippen molar-refractivity contribution in [1.82, 2.24) is 35.9 Å². The lowest BCUT2D eigenvalue weighted by molar-refractivity contribution is -0.161. The maximum Gasteiger partial charge on any atom is 0.472 e. The van der Waals surface area contributed by atoms with Crippen molar-refractivity contribution in [2.45, 2.75) is 264 Å². The van der Waals surface area contributed by atoms with Gasteiger partial charge in [-0.25, -0.2) is 24.3 Å². The first kappa shape index (κ1) is 74.6. The average molecular weight is 1230 g/mol. The number of phosphoric ester groups is 1. The number of carboxylic acid groups (broad SMARTS) is 1. The first-order chi connectivity index (χ1) is 41.6. The van der Waals surface area contributed by atoms with Gasteiger partial charge in [0, 0.05) is 44.3 Å². The Morgan fingerprint density at radius 1 is 0.605 bits per heavy atom. The molecular formula is C64H104N7O14P. The first-order valence-electron chi connectivity index (χ1n) is 32.4. The maximum atomic E-state index is 12.9. The number of unbranched alkanes of at least 4 members (excludes halogenated alkanes) is 26. The number of hydrogen-bond acceptors (Lipinski definition) is 15. The van der Waals surface area contributed by atoms with Crippen LogP contribution >= 0.6 is 7.82 Å². The van der Waals surface area contributed by atoms with Crippen LogP contribution in [0.2, 0.25) is 0 Å². The standard InChI is InChI=1S/C64H104N7O14P/c1-4-6-8-10-12-14-16-18-20-22-24-26-30-34-58(74)82-48-54(85-59(75)35-31-27-25-23-21-19-17-15-13-11-9-7-5-2)49-84-86(80,81)83-46-45-66-56(72)33-29-28-32-44-65-57(73)43-42-55(64(78)79)71-62(76)52-39-36-51(37-40-52)38-41-53-47-67-61-60(70-53)63(77)69-50(3)68-61/h36-37,39-40,47,54-55H,4-35,38,41-46,48-49H2,1-3H3,(H,65,73)(H,66,72)(H,71,76)(H,78,79)(H,80,81)(H,67,68,69,77)/t54-,55?/m1/s1. The average Bonchev–Trinajstić information content (AvgIpc) is 2.11. The molecule has 0 saturated heterocycles. The fraction of sp³-hybridized carbons (Fsp3) is 0.719. The van der Waals surface area contributed by atoms with Crippen LogP contribution in [0.3, 0.4) is 0 Å². The molecule has 1 aromatic carbocycles. The van der Waals surface area contributed by atoms with Crippen LogP contribution in [0.15, 0.2) is 35.3 Å². The third-order valence-corrected chi connectivity index (χ3v) is 15.9. The minimum absolute atomic E-state index is 0.0885. The molecule has 0 radical (unpaired) electrons. The van der Waals surface area contributed by atoms with Gasteiger partial charge in [-0.1, -0.05) is 187 Å². The second kappa shape index (κ2) is 46.5. The van der Waals surface area contributed by atoms with E-state index in [-0.39, 0.29) is 86.0 Å². The van der Waals surface area contributed by atoms with E-state index in [1.54, 1.807) is 37.4 Å². The second-order valence-electron chi connectivity index (χ2n) is 22.7. The molecule has 6 N–H and O–H groups in total. The number of ether oxygens (including phenoxy) is 2. The molecule has 3 rings (SSSR count). The zero-order valence-electron chi connectivity index (χ0n) is 52.1. The summed E-state index contributed by atoms with van der Waals surface area (Å²) in [6, 6.07) is 5.33. The summed E-state index contributed by atoms with van der Waals surface area (Å²) in [6.45, 7) is 5.09. The van der Waals surface area contributed by atoms with Crippen molar-refractivity contribution >= 4 is 54.6 Å². The quantitative estimate of drug-likeness (QED) is 0.0174. The first-order valence-corrected chi connectivity index (χ1v) is 33.9. The van der Waals surface area contributed by atoms with Gasteiger partial charge in [0.05, 0.1) is 25.1 Å². The van der Waals surface area contributed by atoms with E-state index in [9.17, 15) is 48.1 Å². The fourth-order valence-corrected chi connectivity index (χ4v) is 10.6. The summed E-state index contributed by atoms with van der Waals surface area (Å²) in [5.74, 6) is -3.11. The van der Waals surface area contributed by atoms with Crippen LogP contribution in [-0.2, 0) is 59.9 Å². The Morgan fingerprint density at radius 3 is 1.69 bits per heavy atom. The number of fused-ring (bicyclic) bond motifs is 1. The molecule has 3 amide bonds. The van der Waals surface area contributed by atoms with Gasteiger partial charge >= 0.3 is 25.7 Å². The second-order valence-corrected chi connectivity index (χ2v) is 24.1. The SMILES string of the molecule is CCCCCCCCCCCCCCCC(=O)OC[C@H](COP(=O)(O)OCCNC(=O)CCCCCNC(=O)CCC(NC(=O)c1ccc(CCc2cnc3nc(C)[nH]c(=O)c3n2)cc1)C(=O)O)OC(=O)CCCCCCCCCCCCCCC. The molecule has 0 aliphatic heterocycles. The molecule has 3 atom stereocenters. The summed E-state index contributed by atoms with van der Waals surface area (Å²) in [6.07, 6.45) is 33.8. The van der Waals surface area contributed by atoms with E-state index in [0.717, 1.165) is 44.1 Å². The number of aryl methyl sites for hydroxylation is 3. The molecule has 2 heterocycles. The Bertz CT molecular complexity index is 2510. The minimum Gasteiger partial charge on any atom is -0.480 e. The summed E-state index contributed by atoms with van der Waals surface area (Å²) in [5, 5.41) is 17.6. The van der Waals surface area contributed by atoms with E-state index < -0.39 is 50.4 Å². The summed E-state index contributed by atoms with van der Waals surface area (Å²) in [4.78, 5) is 114. The minimum atomic E-state index is -4.66. The fourth-order valence-electron chi connectivity index (χ4n) is 9.80. The molecule has 22 heteroatoms. The van der Waals surface area contributed by atoms with E-state index in [1.165, 1.54) is 116 Å². The number of H-pyrrole nitrogens is 1. The number of benzene rings is 1. The number of rotatable bonds is 53. The largest absolute Gasteiger partial charge is 0.480 e. The Labute approximate surface area is 510 Å². The predicted octanol–water partition coefficient (Wildman–Crippen LogP) is 12.1. The Hall–Kier alpha value is -5.63. The number of carbonyl (C=O) groups is 6. The van der Waals surface area contributed by atoms with Gasteiger partial charge in [-0.15, -0.1) is 0 Å². The number of aliphatic carboxylic acids is 1. The topological polar surface area (TPSA) is 304 Å². The predicted molar refractivity (Wildman–Crippen MR) is 332 cm³/mol. The number of carbonyl (C=O) groups excluding carboxylic acids is 5. The third-order valence-electron chi connectivity index (χ3n) is 14.9.